The van der Waals surface area contributed by atoms with Crippen LogP contribution in [-0.2, 0) is 20.7 Å². The normalized spacial score (nSPS) is 18.0. The average molecular weight is 1060 g/mol. The van der Waals surface area contributed by atoms with Gasteiger partial charge in [-0.3, -0.25) is 34.6 Å². The van der Waals surface area contributed by atoms with Crippen molar-refractivity contribution < 1.29 is 23.7 Å². The zero-order valence-corrected chi connectivity index (χ0v) is 44.3. The summed E-state index contributed by atoms with van der Waals surface area (Å²) in [6.07, 6.45) is 15.8. The van der Waals surface area contributed by atoms with Gasteiger partial charge in [0, 0.05) is 106 Å². The molecule has 6 heterocycles. The van der Waals surface area contributed by atoms with Gasteiger partial charge in [0.1, 0.15) is 30.3 Å². The molecule has 3 saturated heterocycles. The number of amides is 3. The van der Waals surface area contributed by atoms with Crippen molar-refractivity contribution in [1.29, 1.82) is 0 Å². The number of nitrogens with zero attached hydrogens (tertiary/aromatic N) is 8. The van der Waals surface area contributed by atoms with Gasteiger partial charge in [-0.15, -0.1) is 0 Å². The zero-order chi connectivity index (χ0) is 50.4. The van der Waals surface area contributed by atoms with Crippen molar-refractivity contribution in [3.05, 3.63) is 87.8 Å². The minimum Gasteiger partial charge on any atom is -0.494 e. The lowest BCUT2D eigenvalue weighted by atomic mass is 10.00. The Bertz CT molecular complexity index is 2940. The molecule has 0 spiro atoms. The van der Waals surface area contributed by atoms with Crippen molar-refractivity contribution in [2.45, 2.75) is 96.2 Å². The maximum atomic E-state index is 13.5. The standard InChI is InChI=1S/C54H65BrN11O5P/c1-36-32-44(60-54-58-34-41(55)51(62-54)59-43-18-17-42-49(57-24-23-56-42)50(43)72(3,4)70)47(71-2)33-46(36)65-26-21-38(22-27-65)64-30-28-63(29-31-64)25-12-10-8-6-5-7-9-11-14-37-15-13-16-39-40(37)35-66(53(39)69)45-19-20-48(67)61-52(45)68/h13,15-18,23-24,32-34,38,45H,5-10,12,19-22,25-31,35H2,1-4H3,(H,61,67,68)(H2,58,59,60,62). The van der Waals surface area contributed by atoms with Crippen LogP contribution in [-0.4, -0.2) is 131 Å². The number of aryl methyl sites for hydroxylation is 1. The highest BCUT2D eigenvalue weighted by Gasteiger charge is 2.40. The summed E-state index contributed by atoms with van der Waals surface area (Å²) in [6, 6.07) is 13.5. The van der Waals surface area contributed by atoms with Gasteiger partial charge in [0.05, 0.1) is 33.8 Å². The molecule has 72 heavy (non-hydrogen) atoms. The van der Waals surface area contributed by atoms with Crippen LogP contribution in [0.15, 0.2) is 65.5 Å². The fourth-order valence-corrected chi connectivity index (χ4v) is 12.3. The number of halogens is 1. The number of imide groups is 1. The minimum absolute atomic E-state index is 0.163. The van der Waals surface area contributed by atoms with E-state index in [4.69, 9.17) is 9.72 Å². The van der Waals surface area contributed by atoms with Crippen molar-refractivity contribution in [2.75, 3.05) is 81.8 Å². The number of hydrogen-bond donors (Lipinski definition) is 3. The zero-order valence-electron chi connectivity index (χ0n) is 41.8. The predicted molar refractivity (Wildman–Crippen MR) is 288 cm³/mol. The van der Waals surface area contributed by atoms with E-state index in [9.17, 15) is 18.9 Å². The highest BCUT2D eigenvalue weighted by Crippen LogP contribution is 2.42. The molecule has 0 bridgehead atoms. The fraction of sp³-hybridized carbons (Fsp3) is 0.463. The highest BCUT2D eigenvalue weighted by atomic mass is 79.9. The van der Waals surface area contributed by atoms with Crippen molar-refractivity contribution >= 4 is 86.0 Å². The third kappa shape index (κ3) is 11.8. The van der Waals surface area contributed by atoms with Crippen LogP contribution in [0.3, 0.4) is 0 Å². The number of nitrogens with one attached hydrogen (secondary N) is 3. The van der Waals surface area contributed by atoms with Crippen molar-refractivity contribution in [2.24, 2.45) is 0 Å². The van der Waals surface area contributed by atoms with Gasteiger partial charge in [0.2, 0.25) is 17.8 Å². The van der Waals surface area contributed by atoms with Gasteiger partial charge in [-0.1, -0.05) is 43.6 Å². The molecule has 4 aliphatic rings. The first-order valence-corrected chi connectivity index (χ1v) is 28.8. The van der Waals surface area contributed by atoms with Gasteiger partial charge in [0.25, 0.3) is 5.91 Å². The number of rotatable bonds is 17. The molecule has 4 aliphatic heterocycles. The molecule has 9 rings (SSSR count). The van der Waals surface area contributed by atoms with E-state index >= 15 is 0 Å². The van der Waals surface area contributed by atoms with Crippen LogP contribution in [0.5, 0.6) is 5.75 Å². The maximum Gasteiger partial charge on any atom is 0.255 e. The number of benzene rings is 3. The van der Waals surface area contributed by atoms with Crippen LogP contribution in [0.1, 0.15) is 97.7 Å². The third-order valence-electron chi connectivity index (χ3n) is 14.5. The van der Waals surface area contributed by atoms with E-state index in [1.54, 1.807) is 50.0 Å². The topological polar surface area (TPSA) is 178 Å². The summed E-state index contributed by atoms with van der Waals surface area (Å²) < 4.78 is 20.1. The summed E-state index contributed by atoms with van der Waals surface area (Å²) in [5.41, 5.74) is 7.36. The number of ether oxygens (including phenoxy) is 1. The summed E-state index contributed by atoms with van der Waals surface area (Å²) in [5, 5.41) is 9.76. The van der Waals surface area contributed by atoms with Crippen LogP contribution in [0.4, 0.5) is 28.8 Å². The van der Waals surface area contributed by atoms with Crippen molar-refractivity contribution in [3.8, 4) is 17.6 Å². The Balaban J connectivity index is 0.677. The number of piperidine rings is 2. The lowest BCUT2D eigenvalue weighted by Gasteiger charge is -2.43. The monoisotopic (exact) mass is 1060 g/mol. The molecule has 3 fully saturated rings. The van der Waals surface area contributed by atoms with Crippen LogP contribution in [0.2, 0.25) is 0 Å². The van der Waals surface area contributed by atoms with E-state index in [1.807, 2.05) is 24.3 Å². The second-order valence-corrected chi connectivity index (χ2v) is 23.7. The van der Waals surface area contributed by atoms with Crippen LogP contribution >= 0.6 is 23.1 Å². The van der Waals surface area contributed by atoms with E-state index in [0.717, 1.165) is 93.8 Å². The summed E-state index contributed by atoms with van der Waals surface area (Å²) in [5.74, 6) is 7.40. The number of fused-ring (bicyclic) bond motifs is 2. The van der Waals surface area contributed by atoms with Crippen LogP contribution in [0, 0.1) is 18.8 Å². The molecule has 0 saturated carbocycles. The van der Waals surface area contributed by atoms with E-state index in [0.29, 0.717) is 68.6 Å². The highest BCUT2D eigenvalue weighted by molar-refractivity contribution is 9.10. The Kier molecular flexibility index (Phi) is 16.2. The fourth-order valence-electron chi connectivity index (χ4n) is 10.7. The van der Waals surface area contributed by atoms with Gasteiger partial charge in [-0.05, 0) is 116 Å². The lowest BCUT2D eigenvalue weighted by molar-refractivity contribution is -0.136. The molecule has 378 valence electrons. The number of methoxy groups -OCH3 is 1. The number of hydrogen-bond acceptors (Lipinski definition) is 14. The molecular formula is C54H65BrN11O5P. The molecule has 5 aromatic rings. The Morgan fingerprint density at radius 1 is 0.875 bits per heavy atom. The van der Waals surface area contributed by atoms with Crippen molar-refractivity contribution in [1.82, 2.24) is 40.0 Å². The summed E-state index contributed by atoms with van der Waals surface area (Å²) >= 11 is 3.60. The lowest BCUT2D eigenvalue weighted by Crippen LogP contribution is -2.53. The summed E-state index contributed by atoms with van der Waals surface area (Å²) in [7, 11) is -1.08. The van der Waals surface area contributed by atoms with Gasteiger partial charge >= 0.3 is 0 Å². The third-order valence-corrected chi connectivity index (χ3v) is 16.6. The van der Waals surface area contributed by atoms with Crippen LogP contribution in [0.25, 0.3) is 11.0 Å². The number of unbranched alkanes of at least 4 members (excludes halogenated alkanes) is 6. The Hall–Kier alpha value is -5.92. The van der Waals surface area contributed by atoms with Crippen molar-refractivity contribution in [3.63, 3.8) is 0 Å². The van der Waals surface area contributed by atoms with E-state index in [2.05, 4.69) is 92.4 Å². The molecule has 0 radical (unpaired) electrons. The first-order valence-electron chi connectivity index (χ1n) is 25.4. The predicted octanol–water partition coefficient (Wildman–Crippen LogP) is 8.36. The van der Waals surface area contributed by atoms with Gasteiger partial charge in [-0.2, -0.15) is 4.98 Å². The summed E-state index contributed by atoms with van der Waals surface area (Å²) in [6.45, 7) is 13.6. The van der Waals surface area contributed by atoms with E-state index in [1.165, 1.54) is 37.9 Å². The number of anilines is 5. The average Bonchev–Trinajstić information content (AvgIpc) is 3.71. The number of carbonyl (C=O) groups is 3. The number of carbonyl (C=O) groups excluding carboxylic acids is 3. The Labute approximate surface area is 431 Å². The number of piperazine rings is 1. The minimum atomic E-state index is -2.77. The van der Waals surface area contributed by atoms with Gasteiger partial charge in [0.15, 0.2) is 0 Å². The molecular weight excluding hydrogens is 994 g/mol. The SMILES string of the molecule is COc1cc(N2CCC(N3CCN(CCCCCCCCC#Cc4cccc5c4CN(C4CCC(=O)NC4=O)C5=O)CC3)CC2)c(C)cc1Nc1ncc(Br)c(Nc2ccc3nccnc3c2P(C)(C)=O)n1. The van der Waals surface area contributed by atoms with Gasteiger partial charge < -0.3 is 34.6 Å². The first-order chi connectivity index (χ1) is 34.8. The molecule has 1 atom stereocenters. The number of aromatic nitrogens is 4. The van der Waals surface area contributed by atoms with E-state index < -0.39 is 19.1 Å². The second-order valence-electron chi connectivity index (χ2n) is 19.7. The molecule has 16 nitrogen and oxygen atoms in total. The van der Waals surface area contributed by atoms with E-state index in [-0.39, 0.29) is 18.2 Å². The molecule has 1 unspecified atom stereocenters. The maximum absolute atomic E-state index is 13.5. The second kappa shape index (κ2) is 22.9. The molecule has 0 aliphatic carbocycles. The van der Waals surface area contributed by atoms with Gasteiger partial charge in [-0.25, -0.2) is 4.98 Å². The molecule has 18 heteroatoms. The Morgan fingerprint density at radius 2 is 1.64 bits per heavy atom. The molecule has 3 amide bonds. The quantitative estimate of drug-likeness (QED) is 0.0350. The van der Waals surface area contributed by atoms with Crippen LogP contribution < -0.4 is 30.9 Å². The largest absolute Gasteiger partial charge is 0.494 e. The summed E-state index contributed by atoms with van der Waals surface area (Å²) in [4.78, 5) is 64.9. The smallest absolute Gasteiger partial charge is 0.255 e. The molecule has 3 N–H and O–H groups in total. The molecule has 3 aromatic carbocycles. The Morgan fingerprint density at radius 3 is 2.40 bits per heavy atom. The molecule has 2 aromatic heterocycles. The first kappa shape index (κ1) is 51.0.